The summed E-state index contributed by atoms with van der Waals surface area (Å²) in [5.41, 5.74) is 2.13. The molecule has 1 aromatic carbocycles. The van der Waals surface area contributed by atoms with Crippen LogP contribution in [0.15, 0.2) is 23.2 Å². The zero-order valence-corrected chi connectivity index (χ0v) is 15.8. The quantitative estimate of drug-likeness (QED) is 0.389. The lowest BCUT2D eigenvalue weighted by Crippen LogP contribution is -2.39. The van der Waals surface area contributed by atoms with Crippen LogP contribution in [0.3, 0.4) is 0 Å². The van der Waals surface area contributed by atoms with Crippen LogP contribution in [-0.4, -0.2) is 32.6 Å². The second kappa shape index (κ2) is 9.89. The number of nitrogens with one attached hydrogen (secondary N) is 2. The molecule has 23 heavy (non-hydrogen) atoms. The summed E-state index contributed by atoms with van der Waals surface area (Å²) >= 11 is 0. The van der Waals surface area contributed by atoms with Crippen molar-refractivity contribution in [2.24, 2.45) is 10.9 Å². The fraction of sp³-hybridized carbons (Fsp3) is 0.562. The minimum atomic E-state index is -2.41. The average Bonchev–Trinajstić information content (AvgIpc) is 3.30. The molecule has 1 saturated carbocycles. The van der Waals surface area contributed by atoms with Gasteiger partial charge in [0.05, 0.1) is 13.2 Å². The predicted octanol–water partition coefficient (Wildman–Crippen LogP) is 3.33. The Labute approximate surface area is 153 Å². The molecule has 4 nitrogen and oxygen atoms in total. The highest BCUT2D eigenvalue weighted by atomic mass is 127. The van der Waals surface area contributed by atoms with E-state index in [1.807, 2.05) is 25.1 Å². The third-order valence-corrected chi connectivity index (χ3v) is 3.49. The van der Waals surface area contributed by atoms with E-state index in [1.165, 1.54) is 12.8 Å². The molecule has 130 valence electrons. The standard InChI is InChI=1S/C16H23F2N3O.HI/c1-11-3-6-13(14(7-11)22-10-12-4-5-12)8-20-16(19-2)21-9-15(17)18;/h3,6-7,12,15H,4-5,8-10H2,1-2H3,(H2,19,20,21);1H. The molecule has 1 aliphatic rings. The van der Waals surface area contributed by atoms with Crippen molar-refractivity contribution in [2.45, 2.75) is 32.7 Å². The Morgan fingerprint density at radius 2 is 2.09 bits per heavy atom. The zero-order chi connectivity index (χ0) is 15.9. The molecule has 1 aromatic rings. The lowest BCUT2D eigenvalue weighted by molar-refractivity contribution is 0.152. The first kappa shape index (κ1) is 19.9. The maximum Gasteiger partial charge on any atom is 0.255 e. The summed E-state index contributed by atoms with van der Waals surface area (Å²) in [6, 6.07) is 6.01. The van der Waals surface area contributed by atoms with Crippen molar-refractivity contribution in [3.8, 4) is 5.75 Å². The van der Waals surface area contributed by atoms with Crippen molar-refractivity contribution in [1.82, 2.24) is 10.6 Å². The van der Waals surface area contributed by atoms with E-state index < -0.39 is 13.0 Å². The minimum absolute atomic E-state index is 0. The van der Waals surface area contributed by atoms with Crippen LogP contribution in [0, 0.1) is 12.8 Å². The largest absolute Gasteiger partial charge is 0.493 e. The molecular formula is C16H24F2IN3O. The highest BCUT2D eigenvalue weighted by Crippen LogP contribution is 2.30. The third-order valence-electron chi connectivity index (χ3n) is 3.49. The van der Waals surface area contributed by atoms with E-state index in [4.69, 9.17) is 4.74 Å². The van der Waals surface area contributed by atoms with Crippen LogP contribution >= 0.6 is 24.0 Å². The second-order valence-electron chi connectivity index (χ2n) is 5.56. The molecule has 0 aliphatic heterocycles. The number of rotatable bonds is 7. The highest BCUT2D eigenvalue weighted by molar-refractivity contribution is 14.0. The fourth-order valence-electron chi connectivity index (χ4n) is 2.01. The van der Waals surface area contributed by atoms with Crippen molar-refractivity contribution in [2.75, 3.05) is 20.2 Å². The SMILES string of the molecule is CN=C(NCc1ccc(C)cc1OCC1CC1)NCC(F)F.I. The van der Waals surface area contributed by atoms with Crippen LogP contribution in [0.1, 0.15) is 24.0 Å². The molecule has 0 bridgehead atoms. The minimum Gasteiger partial charge on any atom is -0.493 e. The molecule has 0 atom stereocenters. The van der Waals surface area contributed by atoms with Gasteiger partial charge in [0.1, 0.15) is 5.75 Å². The second-order valence-corrected chi connectivity index (χ2v) is 5.56. The zero-order valence-electron chi connectivity index (χ0n) is 13.4. The predicted molar refractivity (Wildman–Crippen MR) is 99.0 cm³/mol. The van der Waals surface area contributed by atoms with Gasteiger partial charge < -0.3 is 15.4 Å². The molecule has 0 radical (unpaired) electrons. The Balaban J connectivity index is 0.00000264. The topological polar surface area (TPSA) is 45.7 Å². The Morgan fingerprint density at radius 3 is 2.70 bits per heavy atom. The van der Waals surface area contributed by atoms with Gasteiger partial charge in [0.15, 0.2) is 5.96 Å². The lowest BCUT2D eigenvalue weighted by atomic mass is 10.1. The van der Waals surface area contributed by atoms with Gasteiger partial charge in [-0.05, 0) is 37.3 Å². The van der Waals surface area contributed by atoms with Gasteiger partial charge in [-0.3, -0.25) is 4.99 Å². The third kappa shape index (κ3) is 7.32. The number of nitrogens with zero attached hydrogens (tertiary/aromatic N) is 1. The lowest BCUT2D eigenvalue weighted by Gasteiger charge is -2.15. The summed E-state index contributed by atoms with van der Waals surface area (Å²) in [4.78, 5) is 3.93. The number of hydrogen-bond acceptors (Lipinski definition) is 2. The molecular weight excluding hydrogens is 415 g/mol. The normalized spacial score (nSPS) is 14.4. The molecule has 0 aromatic heterocycles. The van der Waals surface area contributed by atoms with E-state index in [0.29, 0.717) is 18.4 Å². The van der Waals surface area contributed by atoms with E-state index in [1.54, 1.807) is 7.05 Å². The average molecular weight is 439 g/mol. The molecule has 0 saturated heterocycles. The van der Waals surface area contributed by atoms with Gasteiger partial charge in [0.2, 0.25) is 0 Å². The van der Waals surface area contributed by atoms with Crippen LogP contribution in [0.4, 0.5) is 8.78 Å². The van der Waals surface area contributed by atoms with E-state index >= 15 is 0 Å². The molecule has 0 heterocycles. The van der Waals surface area contributed by atoms with Gasteiger partial charge in [-0.1, -0.05) is 12.1 Å². The molecule has 0 unspecified atom stereocenters. The Morgan fingerprint density at radius 1 is 1.35 bits per heavy atom. The smallest absolute Gasteiger partial charge is 0.255 e. The molecule has 2 N–H and O–H groups in total. The molecule has 1 aliphatic carbocycles. The first-order chi connectivity index (χ1) is 10.6. The number of halogens is 3. The van der Waals surface area contributed by atoms with Crippen molar-refractivity contribution in [1.29, 1.82) is 0 Å². The number of aliphatic imine (C=N–C) groups is 1. The summed E-state index contributed by atoms with van der Waals surface area (Å²) < 4.78 is 30.3. The summed E-state index contributed by atoms with van der Waals surface area (Å²) in [7, 11) is 1.56. The monoisotopic (exact) mass is 439 g/mol. The van der Waals surface area contributed by atoms with Gasteiger partial charge in [-0.2, -0.15) is 0 Å². The van der Waals surface area contributed by atoms with E-state index in [-0.39, 0.29) is 24.0 Å². The highest BCUT2D eigenvalue weighted by Gasteiger charge is 2.22. The maximum absolute atomic E-state index is 12.2. The number of guanidine groups is 1. The first-order valence-electron chi connectivity index (χ1n) is 7.53. The van der Waals surface area contributed by atoms with E-state index in [2.05, 4.69) is 15.6 Å². The summed E-state index contributed by atoms with van der Waals surface area (Å²) in [5, 5.41) is 5.61. The summed E-state index contributed by atoms with van der Waals surface area (Å²) in [6.07, 6.45) is 0.0723. The van der Waals surface area contributed by atoms with Crippen molar-refractivity contribution in [3.05, 3.63) is 29.3 Å². The van der Waals surface area contributed by atoms with Crippen molar-refractivity contribution in [3.63, 3.8) is 0 Å². The van der Waals surface area contributed by atoms with Gasteiger partial charge in [-0.15, -0.1) is 24.0 Å². The summed E-state index contributed by atoms with van der Waals surface area (Å²) in [5.74, 6) is 1.89. The van der Waals surface area contributed by atoms with Crippen LogP contribution in [-0.2, 0) is 6.54 Å². The van der Waals surface area contributed by atoms with Crippen LogP contribution < -0.4 is 15.4 Å². The van der Waals surface area contributed by atoms with Gasteiger partial charge >= 0.3 is 0 Å². The molecule has 0 spiro atoms. The molecule has 2 rings (SSSR count). The van der Waals surface area contributed by atoms with Crippen LogP contribution in [0.5, 0.6) is 5.75 Å². The fourth-order valence-corrected chi connectivity index (χ4v) is 2.01. The Kier molecular flexibility index (Phi) is 8.57. The van der Waals surface area contributed by atoms with Crippen molar-refractivity contribution < 1.29 is 13.5 Å². The number of alkyl halides is 2. The van der Waals surface area contributed by atoms with E-state index in [9.17, 15) is 8.78 Å². The number of ether oxygens (including phenoxy) is 1. The number of aryl methyl sites for hydroxylation is 1. The number of benzene rings is 1. The van der Waals surface area contributed by atoms with Gasteiger partial charge in [0.25, 0.3) is 6.43 Å². The van der Waals surface area contributed by atoms with Crippen LogP contribution in [0.2, 0.25) is 0 Å². The first-order valence-corrected chi connectivity index (χ1v) is 7.53. The molecule has 0 amide bonds. The van der Waals surface area contributed by atoms with Gasteiger partial charge in [0, 0.05) is 19.2 Å². The van der Waals surface area contributed by atoms with Crippen LogP contribution in [0.25, 0.3) is 0 Å². The van der Waals surface area contributed by atoms with Gasteiger partial charge in [-0.25, -0.2) is 8.78 Å². The Hall–Kier alpha value is -1.12. The van der Waals surface area contributed by atoms with E-state index in [0.717, 1.165) is 23.5 Å². The number of hydrogen-bond donors (Lipinski definition) is 2. The summed E-state index contributed by atoms with van der Waals surface area (Å²) in [6.45, 7) is 2.82. The maximum atomic E-state index is 12.2. The van der Waals surface area contributed by atoms with Crippen molar-refractivity contribution >= 4 is 29.9 Å². The molecule has 1 fully saturated rings. The Bertz CT molecular complexity index is 522. The molecule has 7 heteroatoms.